The molecule has 0 aliphatic carbocycles. The van der Waals surface area contributed by atoms with Crippen LogP contribution in [0.25, 0.3) is 10.2 Å². The molecule has 1 heterocycles. The Bertz CT molecular complexity index is 337. The summed E-state index contributed by atoms with van der Waals surface area (Å²) in [5.41, 5.74) is 1.04. The van der Waals surface area contributed by atoms with Gasteiger partial charge in [0.15, 0.2) is 0 Å². The minimum absolute atomic E-state index is 0.834. The van der Waals surface area contributed by atoms with E-state index in [1.807, 2.05) is 31.2 Å². The lowest BCUT2D eigenvalue weighted by molar-refractivity contribution is 1.31. The highest BCUT2D eigenvalue weighted by Crippen LogP contribution is 2.23. The lowest BCUT2D eigenvalue weighted by Gasteiger charge is -1.80. The van der Waals surface area contributed by atoms with Crippen molar-refractivity contribution >= 4 is 46.8 Å². The van der Waals surface area contributed by atoms with Crippen LogP contribution in [-0.4, -0.2) is 10.7 Å². The summed E-state index contributed by atoms with van der Waals surface area (Å²) in [5, 5.41) is 0. The zero-order chi connectivity index (χ0) is 9.68. The summed E-state index contributed by atoms with van der Waals surface area (Å²) in [4.78, 5) is 4.20. The first kappa shape index (κ1) is 10.9. The van der Waals surface area contributed by atoms with Crippen LogP contribution in [0.2, 0.25) is 0 Å². The predicted octanol–water partition coefficient (Wildman–Crippen LogP) is 3.52. The van der Waals surface area contributed by atoms with Gasteiger partial charge in [-0.15, -0.1) is 24.0 Å². The molecule has 2 rings (SSSR count). The molecule has 70 valence electrons. The number of hydrogen-bond acceptors (Lipinski definition) is 4. The Balaban J connectivity index is 0.000000251. The lowest BCUT2D eigenvalue weighted by Crippen LogP contribution is -1.63. The fourth-order valence-electron chi connectivity index (χ4n) is 0.860. The monoisotopic (exact) mass is 229 g/mol. The molecule has 0 atom stereocenters. The molecule has 0 saturated carbocycles. The molecule has 0 unspecified atom stereocenters. The van der Waals surface area contributed by atoms with Crippen LogP contribution in [0.5, 0.6) is 0 Å². The number of benzene rings is 1. The van der Waals surface area contributed by atoms with Crippen LogP contribution >= 0.6 is 36.6 Å². The fourth-order valence-corrected chi connectivity index (χ4v) is 1.97. The molecule has 0 amide bonds. The first-order chi connectivity index (χ1) is 6.27. The summed E-state index contributed by atoms with van der Waals surface area (Å²) < 4.78 is 2.04. The van der Waals surface area contributed by atoms with Gasteiger partial charge in [0.25, 0.3) is 0 Å². The van der Waals surface area contributed by atoms with Crippen LogP contribution in [0, 0.1) is 0 Å². The molecular weight excluding hydrogens is 218 g/mol. The molecule has 0 aliphatic rings. The van der Waals surface area contributed by atoms with E-state index in [0.717, 1.165) is 15.6 Å². The average molecular weight is 229 g/mol. The maximum atomic E-state index is 4.20. The van der Waals surface area contributed by atoms with Crippen molar-refractivity contribution in [3.8, 4) is 0 Å². The summed E-state index contributed by atoms with van der Waals surface area (Å²) in [6, 6.07) is 8.03. The van der Waals surface area contributed by atoms with Gasteiger partial charge in [0.05, 0.1) is 10.2 Å². The van der Waals surface area contributed by atoms with Crippen LogP contribution < -0.4 is 0 Å². The summed E-state index contributed by atoms with van der Waals surface area (Å²) >= 11 is 9.54. The first-order valence-electron chi connectivity index (χ1n) is 3.93. The van der Waals surface area contributed by atoms with Crippen LogP contribution in [0.4, 0.5) is 0 Å². The standard InChI is InChI=1S/C7H5NS2.C2H6S/c9-7-8-5-3-1-2-4-6(5)10-7;1-2-3/h1-4H,(H,8,9);3H,2H2,1H3. The van der Waals surface area contributed by atoms with Crippen LogP contribution in [0.1, 0.15) is 6.92 Å². The summed E-state index contributed by atoms with van der Waals surface area (Å²) in [6.45, 7) is 1.99. The van der Waals surface area contributed by atoms with Crippen molar-refractivity contribution in [3.63, 3.8) is 0 Å². The molecule has 2 aromatic rings. The maximum Gasteiger partial charge on any atom is 0.148 e. The SMILES string of the molecule is CCS.Sc1nc2ccccc2s1. The second-order valence-electron chi connectivity index (χ2n) is 2.28. The third-order valence-electron chi connectivity index (χ3n) is 1.28. The van der Waals surface area contributed by atoms with Crippen LogP contribution in [-0.2, 0) is 0 Å². The van der Waals surface area contributed by atoms with E-state index in [1.54, 1.807) is 11.3 Å². The van der Waals surface area contributed by atoms with Gasteiger partial charge in [-0.05, 0) is 17.9 Å². The van der Waals surface area contributed by atoms with Gasteiger partial charge in [0.1, 0.15) is 4.34 Å². The minimum Gasteiger partial charge on any atom is -0.230 e. The summed E-state index contributed by atoms with van der Waals surface area (Å²) in [7, 11) is 0. The number of para-hydroxylation sites is 1. The highest BCUT2D eigenvalue weighted by molar-refractivity contribution is 7.83. The van der Waals surface area contributed by atoms with Gasteiger partial charge < -0.3 is 0 Å². The van der Waals surface area contributed by atoms with Crippen molar-refractivity contribution in [3.05, 3.63) is 24.3 Å². The lowest BCUT2D eigenvalue weighted by atomic mass is 10.3. The number of aromatic nitrogens is 1. The Morgan fingerprint density at radius 3 is 2.62 bits per heavy atom. The van der Waals surface area contributed by atoms with E-state index in [1.165, 1.54) is 4.70 Å². The topological polar surface area (TPSA) is 12.9 Å². The van der Waals surface area contributed by atoms with Crippen LogP contribution in [0.3, 0.4) is 0 Å². The average Bonchev–Trinajstić information content (AvgIpc) is 2.45. The first-order valence-corrected chi connectivity index (χ1v) is 5.83. The molecule has 0 fully saturated rings. The van der Waals surface area contributed by atoms with Gasteiger partial charge in [-0.25, -0.2) is 4.98 Å². The molecule has 0 saturated heterocycles. The molecular formula is C9H11NS3. The van der Waals surface area contributed by atoms with E-state index in [2.05, 4.69) is 30.2 Å². The van der Waals surface area contributed by atoms with E-state index in [4.69, 9.17) is 0 Å². The second-order valence-corrected chi connectivity index (χ2v) is 4.67. The van der Waals surface area contributed by atoms with Gasteiger partial charge in [0.2, 0.25) is 0 Å². The molecule has 0 bridgehead atoms. The largest absolute Gasteiger partial charge is 0.230 e. The number of hydrogen-bond donors (Lipinski definition) is 2. The van der Waals surface area contributed by atoms with Crippen molar-refractivity contribution < 1.29 is 0 Å². The molecule has 1 aromatic carbocycles. The van der Waals surface area contributed by atoms with E-state index in [-0.39, 0.29) is 0 Å². The molecule has 0 spiro atoms. The maximum absolute atomic E-state index is 4.20. The van der Waals surface area contributed by atoms with E-state index in [9.17, 15) is 0 Å². The number of rotatable bonds is 0. The van der Waals surface area contributed by atoms with Gasteiger partial charge in [-0.1, -0.05) is 19.1 Å². The number of nitrogens with zero attached hydrogens (tertiary/aromatic N) is 1. The van der Waals surface area contributed by atoms with Gasteiger partial charge in [-0.2, -0.15) is 12.6 Å². The normalized spacial score (nSPS) is 9.46. The van der Waals surface area contributed by atoms with Crippen LogP contribution in [0.15, 0.2) is 28.6 Å². The second kappa shape index (κ2) is 5.52. The van der Waals surface area contributed by atoms with Gasteiger partial charge >= 0.3 is 0 Å². The van der Waals surface area contributed by atoms with Crippen molar-refractivity contribution in [2.75, 3.05) is 5.75 Å². The minimum atomic E-state index is 0.834. The molecule has 1 nitrogen and oxygen atoms in total. The Morgan fingerprint density at radius 1 is 1.38 bits per heavy atom. The number of thiol groups is 2. The van der Waals surface area contributed by atoms with Crippen molar-refractivity contribution in [1.82, 2.24) is 4.98 Å². The molecule has 13 heavy (non-hydrogen) atoms. The summed E-state index contributed by atoms with van der Waals surface area (Å²) in [6.07, 6.45) is 0. The predicted molar refractivity (Wildman–Crippen MR) is 66.4 cm³/mol. The van der Waals surface area contributed by atoms with E-state index >= 15 is 0 Å². The zero-order valence-corrected chi connectivity index (χ0v) is 9.87. The Labute approximate surface area is 93.0 Å². The highest BCUT2D eigenvalue weighted by Gasteiger charge is 1.96. The Kier molecular flexibility index (Phi) is 4.62. The number of thiazole rings is 1. The van der Waals surface area contributed by atoms with Gasteiger partial charge in [-0.3, -0.25) is 0 Å². The van der Waals surface area contributed by atoms with E-state index in [0.29, 0.717) is 0 Å². The highest BCUT2D eigenvalue weighted by atomic mass is 32.2. The summed E-state index contributed by atoms with van der Waals surface area (Å²) in [5.74, 6) is 0.944. The van der Waals surface area contributed by atoms with E-state index < -0.39 is 0 Å². The quantitative estimate of drug-likeness (QED) is 0.659. The molecule has 0 aliphatic heterocycles. The van der Waals surface area contributed by atoms with Gasteiger partial charge in [0, 0.05) is 0 Å². The molecule has 0 N–H and O–H groups in total. The number of fused-ring (bicyclic) bond motifs is 1. The third kappa shape index (κ3) is 3.21. The van der Waals surface area contributed by atoms with Crippen molar-refractivity contribution in [1.29, 1.82) is 0 Å². The Morgan fingerprint density at radius 2 is 2.00 bits per heavy atom. The third-order valence-corrected chi connectivity index (χ3v) is 2.50. The Hall–Kier alpha value is -0.190. The smallest absolute Gasteiger partial charge is 0.148 e. The molecule has 1 aromatic heterocycles. The molecule has 4 heteroatoms. The molecule has 0 radical (unpaired) electrons. The van der Waals surface area contributed by atoms with Crippen molar-refractivity contribution in [2.45, 2.75) is 11.3 Å². The zero-order valence-electron chi connectivity index (χ0n) is 7.27. The van der Waals surface area contributed by atoms with Crippen molar-refractivity contribution in [2.24, 2.45) is 0 Å². The fraction of sp³-hybridized carbons (Fsp3) is 0.222.